The highest BCUT2D eigenvalue weighted by Crippen LogP contribution is 2.28. The third kappa shape index (κ3) is 5.88. The summed E-state index contributed by atoms with van der Waals surface area (Å²) < 4.78 is 28.3. The van der Waals surface area contributed by atoms with Gasteiger partial charge in [-0.05, 0) is 92.1 Å². The van der Waals surface area contributed by atoms with Gasteiger partial charge in [-0.3, -0.25) is 9.10 Å². The first-order chi connectivity index (χ1) is 16.8. The van der Waals surface area contributed by atoms with Crippen LogP contribution in [0.15, 0.2) is 71.6 Å². The van der Waals surface area contributed by atoms with Gasteiger partial charge >= 0.3 is 0 Å². The molecule has 1 atom stereocenters. The maximum atomic E-state index is 13.6. The van der Waals surface area contributed by atoms with E-state index in [2.05, 4.69) is 23.5 Å². The van der Waals surface area contributed by atoms with Gasteiger partial charge in [-0.2, -0.15) is 0 Å². The molecule has 7 heteroatoms. The van der Waals surface area contributed by atoms with E-state index in [9.17, 15) is 13.2 Å². The number of halogens is 1. The van der Waals surface area contributed by atoms with Gasteiger partial charge in [0.2, 0.25) is 5.91 Å². The first-order valence-electron chi connectivity index (χ1n) is 12.0. The van der Waals surface area contributed by atoms with E-state index < -0.39 is 10.0 Å². The Morgan fingerprint density at radius 2 is 1.63 bits per heavy atom. The Morgan fingerprint density at radius 1 is 0.971 bits per heavy atom. The van der Waals surface area contributed by atoms with Gasteiger partial charge in [0, 0.05) is 5.02 Å². The van der Waals surface area contributed by atoms with Gasteiger partial charge < -0.3 is 5.32 Å². The van der Waals surface area contributed by atoms with Crippen molar-refractivity contribution in [1.82, 2.24) is 5.32 Å². The fraction of sp³-hybridized carbons (Fsp3) is 0.321. The zero-order valence-corrected chi connectivity index (χ0v) is 21.7. The molecule has 5 nitrogen and oxygen atoms in total. The van der Waals surface area contributed by atoms with Crippen LogP contribution in [-0.4, -0.2) is 20.9 Å². The van der Waals surface area contributed by atoms with Crippen LogP contribution in [-0.2, 0) is 27.7 Å². The van der Waals surface area contributed by atoms with Crippen LogP contribution in [0.4, 0.5) is 5.69 Å². The molecule has 1 amide bonds. The molecular formula is C28H31ClN2O3S. The van der Waals surface area contributed by atoms with Crippen LogP contribution in [0.3, 0.4) is 0 Å². The summed E-state index contributed by atoms with van der Waals surface area (Å²) in [6.07, 6.45) is 5.28. The largest absolute Gasteiger partial charge is 0.348 e. The lowest BCUT2D eigenvalue weighted by molar-refractivity contribution is -0.120. The van der Waals surface area contributed by atoms with E-state index in [1.165, 1.54) is 24.0 Å². The van der Waals surface area contributed by atoms with Gasteiger partial charge in [-0.1, -0.05) is 54.4 Å². The molecule has 0 spiro atoms. The molecule has 3 aromatic rings. The van der Waals surface area contributed by atoms with Gasteiger partial charge in [0.05, 0.1) is 16.6 Å². The van der Waals surface area contributed by atoms with E-state index in [-0.39, 0.29) is 23.4 Å². The first-order valence-corrected chi connectivity index (χ1v) is 13.9. The highest BCUT2D eigenvalue weighted by atomic mass is 35.5. The van der Waals surface area contributed by atoms with Gasteiger partial charge in [0.15, 0.2) is 0 Å². The van der Waals surface area contributed by atoms with Crippen LogP contribution in [0.5, 0.6) is 0 Å². The number of aryl methyl sites for hydroxylation is 3. The number of carbonyl (C=O) groups excluding carboxylic acids is 1. The molecule has 0 bridgehead atoms. The number of nitrogens with one attached hydrogen (secondary N) is 1. The number of anilines is 1. The Bertz CT molecular complexity index is 1290. The number of hydrogen-bond acceptors (Lipinski definition) is 3. The molecule has 4 rings (SSSR count). The predicted molar refractivity (Wildman–Crippen MR) is 141 cm³/mol. The van der Waals surface area contributed by atoms with E-state index in [1.807, 2.05) is 13.8 Å². The number of nitrogens with zero attached hydrogens (tertiary/aromatic N) is 1. The Balaban J connectivity index is 1.59. The van der Waals surface area contributed by atoms with E-state index >= 15 is 0 Å². The first kappa shape index (κ1) is 25.3. The molecule has 0 heterocycles. The topological polar surface area (TPSA) is 66.5 Å². The highest BCUT2D eigenvalue weighted by molar-refractivity contribution is 7.92. The summed E-state index contributed by atoms with van der Waals surface area (Å²) in [5.74, 6) is -0.361. The van der Waals surface area contributed by atoms with Gasteiger partial charge in [-0.25, -0.2) is 8.42 Å². The zero-order valence-electron chi connectivity index (χ0n) is 20.1. The summed E-state index contributed by atoms with van der Waals surface area (Å²) in [6, 6.07) is 19.3. The maximum Gasteiger partial charge on any atom is 0.264 e. The maximum absolute atomic E-state index is 13.6. The monoisotopic (exact) mass is 510 g/mol. The fourth-order valence-electron chi connectivity index (χ4n) is 4.52. The SMILES string of the molecule is CCC(NC(=O)CN(c1ccc(Cl)cc1)S(=O)(=O)c1ccc(C)cc1)c1ccc2c(c1)CCCC2. The molecule has 0 saturated carbocycles. The average Bonchev–Trinajstić information content (AvgIpc) is 2.86. The zero-order chi connectivity index (χ0) is 25.0. The minimum atomic E-state index is -3.97. The third-order valence-electron chi connectivity index (χ3n) is 6.53. The van der Waals surface area contributed by atoms with Crippen molar-refractivity contribution in [3.05, 3.63) is 94.0 Å². The summed E-state index contributed by atoms with van der Waals surface area (Å²) >= 11 is 6.03. The van der Waals surface area contributed by atoms with Crippen molar-refractivity contribution >= 4 is 33.2 Å². The molecule has 1 aliphatic rings. The number of sulfonamides is 1. The molecule has 3 aromatic carbocycles. The number of carbonyl (C=O) groups is 1. The van der Waals surface area contributed by atoms with Crippen LogP contribution in [0.25, 0.3) is 0 Å². The molecule has 0 aromatic heterocycles. The predicted octanol–water partition coefficient (Wildman–Crippen LogP) is 5.99. The standard InChI is InChI=1S/C28H31ClN2O3S/c1-3-27(23-11-10-21-6-4-5-7-22(21)18-23)30-28(32)19-31(25-14-12-24(29)13-15-25)35(33,34)26-16-8-20(2)9-17-26/h8-18,27H,3-7,19H2,1-2H3,(H,30,32). The van der Waals surface area contributed by atoms with Crippen molar-refractivity contribution in [1.29, 1.82) is 0 Å². The number of benzene rings is 3. The van der Waals surface area contributed by atoms with E-state index in [0.29, 0.717) is 17.1 Å². The summed E-state index contributed by atoms with van der Waals surface area (Å²) in [5.41, 5.74) is 5.13. The Kier molecular flexibility index (Phi) is 7.82. The van der Waals surface area contributed by atoms with Crippen LogP contribution >= 0.6 is 11.6 Å². The van der Waals surface area contributed by atoms with E-state index in [1.54, 1.807) is 48.5 Å². The lowest BCUT2D eigenvalue weighted by Crippen LogP contribution is -2.42. The van der Waals surface area contributed by atoms with Crippen molar-refractivity contribution < 1.29 is 13.2 Å². The normalized spacial score (nSPS) is 14.1. The van der Waals surface area contributed by atoms with Crippen molar-refractivity contribution in [2.45, 2.75) is 56.9 Å². The van der Waals surface area contributed by atoms with Crippen molar-refractivity contribution in [2.75, 3.05) is 10.8 Å². The van der Waals surface area contributed by atoms with Crippen LogP contribution in [0.2, 0.25) is 5.02 Å². The van der Waals surface area contributed by atoms with Gasteiger partial charge in [0.1, 0.15) is 6.54 Å². The van der Waals surface area contributed by atoms with E-state index in [0.717, 1.165) is 28.3 Å². The lowest BCUT2D eigenvalue weighted by atomic mass is 9.89. The second-order valence-electron chi connectivity index (χ2n) is 9.06. The minimum absolute atomic E-state index is 0.132. The quantitative estimate of drug-likeness (QED) is 0.404. The van der Waals surface area contributed by atoms with Crippen LogP contribution in [0, 0.1) is 6.92 Å². The Labute approximate surface area is 213 Å². The molecular weight excluding hydrogens is 480 g/mol. The highest BCUT2D eigenvalue weighted by Gasteiger charge is 2.28. The third-order valence-corrected chi connectivity index (χ3v) is 8.57. The second-order valence-corrected chi connectivity index (χ2v) is 11.4. The smallest absolute Gasteiger partial charge is 0.264 e. The van der Waals surface area contributed by atoms with Crippen LogP contribution in [0.1, 0.15) is 54.5 Å². The average molecular weight is 511 g/mol. The summed E-state index contributed by atoms with van der Waals surface area (Å²) in [4.78, 5) is 13.3. The lowest BCUT2D eigenvalue weighted by Gasteiger charge is -2.26. The summed E-state index contributed by atoms with van der Waals surface area (Å²) in [7, 11) is -3.97. The molecule has 1 unspecified atom stereocenters. The summed E-state index contributed by atoms with van der Waals surface area (Å²) in [5, 5.41) is 3.55. The molecule has 1 N–H and O–H groups in total. The van der Waals surface area contributed by atoms with Gasteiger partial charge in [-0.15, -0.1) is 0 Å². The van der Waals surface area contributed by atoms with Crippen LogP contribution < -0.4 is 9.62 Å². The number of hydrogen-bond donors (Lipinski definition) is 1. The molecule has 0 saturated heterocycles. The molecule has 0 aliphatic heterocycles. The fourth-order valence-corrected chi connectivity index (χ4v) is 6.07. The van der Waals surface area contributed by atoms with Crippen molar-refractivity contribution in [3.63, 3.8) is 0 Å². The second kappa shape index (κ2) is 10.8. The Hall–Kier alpha value is -2.83. The minimum Gasteiger partial charge on any atom is -0.348 e. The summed E-state index contributed by atoms with van der Waals surface area (Å²) in [6.45, 7) is 3.58. The van der Waals surface area contributed by atoms with Crippen molar-refractivity contribution in [2.24, 2.45) is 0 Å². The number of fused-ring (bicyclic) bond motifs is 1. The molecule has 1 aliphatic carbocycles. The molecule has 0 radical (unpaired) electrons. The number of rotatable bonds is 8. The van der Waals surface area contributed by atoms with Gasteiger partial charge in [0.25, 0.3) is 10.0 Å². The molecule has 35 heavy (non-hydrogen) atoms. The van der Waals surface area contributed by atoms with E-state index in [4.69, 9.17) is 11.6 Å². The molecule has 0 fully saturated rings. The Morgan fingerprint density at radius 3 is 2.29 bits per heavy atom. The van der Waals surface area contributed by atoms with Crippen molar-refractivity contribution in [3.8, 4) is 0 Å². The number of amides is 1. The molecule has 184 valence electrons.